The summed E-state index contributed by atoms with van der Waals surface area (Å²) in [6.07, 6.45) is 0.491. The highest BCUT2D eigenvalue weighted by molar-refractivity contribution is 9.10. The predicted octanol–water partition coefficient (Wildman–Crippen LogP) is 4.13. The Morgan fingerprint density at radius 1 is 1.00 bits per heavy atom. The largest absolute Gasteiger partial charge is 0.384 e. The number of rotatable bonds is 5. The zero-order valence-corrected chi connectivity index (χ0v) is 11.5. The Bertz CT molecular complexity index is 525. The number of carbonyl (C=O) groups is 1. The molecule has 0 aliphatic carbocycles. The Balaban J connectivity index is 1.86. The number of benzene rings is 2. The van der Waals surface area contributed by atoms with E-state index >= 15 is 0 Å². The lowest BCUT2D eigenvalue weighted by molar-refractivity contribution is 0.0986. The molecule has 92 valence electrons. The van der Waals surface area contributed by atoms with E-state index < -0.39 is 0 Å². The highest BCUT2D eigenvalue weighted by Crippen LogP contribution is 2.21. The first-order chi connectivity index (χ1) is 8.77. The Hall–Kier alpha value is -1.61. The molecule has 2 aromatic carbocycles. The first-order valence-corrected chi connectivity index (χ1v) is 6.63. The molecule has 1 N–H and O–H groups in total. The molecule has 18 heavy (non-hydrogen) atoms. The fourth-order valence-corrected chi connectivity index (χ4v) is 2.11. The lowest BCUT2D eigenvalue weighted by Gasteiger charge is -2.07. The molecule has 0 aromatic heterocycles. The van der Waals surface area contributed by atoms with Gasteiger partial charge in [-0.2, -0.15) is 0 Å². The molecule has 3 heteroatoms. The predicted molar refractivity (Wildman–Crippen MR) is 78.0 cm³/mol. The van der Waals surface area contributed by atoms with Gasteiger partial charge in [0.2, 0.25) is 0 Å². The fourth-order valence-electron chi connectivity index (χ4n) is 1.68. The molecule has 0 aliphatic heterocycles. The molecule has 0 bridgehead atoms. The van der Waals surface area contributed by atoms with Crippen LogP contribution >= 0.6 is 15.9 Å². The third-order valence-corrected chi connectivity index (χ3v) is 3.33. The summed E-state index contributed by atoms with van der Waals surface area (Å²) in [7, 11) is 0. The van der Waals surface area contributed by atoms with Crippen molar-refractivity contribution in [1.82, 2.24) is 0 Å². The van der Waals surface area contributed by atoms with Gasteiger partial charge in [-0.15, -0.1) is 0 Å². The van der Waals surface area contributed by atoms with Gasteiger partial charge in [-0.25, -0.2) is 0 Å². The topological polar surface area (TPSA) is 29.1 Å². The van der Waals surface area contributed by atoms with Crippen molar-refractivity contribution in [1.29, 1.82) is 0 Å². The molecular formula is C15H14BrNO. The maximum absolute atomic E-state index is 11.9. The van der Waals surface area contributed by atoms with Gasteiger partial charge >= 0.3 is 0 Å². The van der Waals surface area contributed by atoms with Gasteiger partial charge in [0, 0.05) is 28.7 Å². The number of hydrogen-bond acceptors (Lipinski definition) is 2. The normalized spacial score (nSPS) is 10.1. The Labute approximate surface area is 115 Å². The van der Waals surface area contributed by atoms with Crippen LogP contribution in [-0.4, -0.2) is 12.3 Å². The number of halogens is 1. The van der Waals surface area contributed by atoms with Crippen LogP contribution < -0.4 is 5.32 Å². The van der Waals surface area contributed by atoms with E-state index in [2.05, 4.69) is 21.2 Å². The number of nitrogens with one attached hydrogen (secondary N) is 1. The minimum absolute atomic E-state index is 0.162. The van der Waals surface area contributed by atoms with Crippen LogP contribution in [0.15, 0.2) is 59.1 Å². The van der Waals surface area contributed by atoms with Crippen molar-refractivity contribution >= 4 is 27.4 Å². The lowest BCUT2D eigenvalue weighted by Crippen LogP contribution is -2.09. The molecule has 0 heterocycles. The molecule has 0 amide bonds. The van der Waals surface area contributed by atoms with Gasteiger partial charge in [-0.3, -0.25) is 4.79 Å². The van der Waals surface area contributed by atoms with E-state index in [0.717, 1.165) is 15.7 Å². The summed E-state index contributed by atoms with van der Waals surface area (Å²) in [5, 5.41) is 3.25. The SMILES string of the molecule is O=C(CCNc1ccccc1Br)c1ccccc1. The number of hydrogen-bond donors (Lipinski definition) is 1. The van der Waals surface area contributed by atoms with E-state index in [1.165, 1.54) is 0 Å². The Morgan fingerprint density at radius 3 is 2.39 bits per heavy atom. The van der Waals surface area contributed by atoms with Gasteiger partial charge < -0.3 is 5.32 Å². The van der Waals surface area contributed by atoms with Gasteiger partial charge in [0.15, 0.2) is 5.78 Å². The van der Waals surface area contributed by atoms with Crippen LogP contribution in [-0.2, 0) is 0 Å². The van der Waals surface area contributed by atoms with Crippen molar-refractivity contribution in [3.8, 4) is 0 Å². The van der Waals surface area contributed by atoms with Crippen LogP contribution in [0.3, 0.4) is 0 Å². The van der Waals surface area contributed by atoms with Crippen LogP contribution in [0.1, 0.15) is 16.8 Å². The minimum Gasteiger partial charge on any atom is -0.384 e. The lowest BCUT2D eigenvalue weighted by atomic mass is 10.1. The summed E-state index contributed by atoms with van der Waals surface area (Å²) in [6.45, 7) is 0.635. The van der Waals surface area contributed by atoms with Crippen LogP contribution in [0.5, 0.6) is 0 Å². The van der Waals surface area contributed by atoms with Crippen LogP contribution in [0.2, 0.25) is 0 Å². The molecule has 2 nitrogen and oxygen atoms in total. The molecule has 0 atom stereocenters. The summed E-state index contributed by atoms with van der Waals surface area (Å²) in [4.78, 5) is 11.9. The Morgan fingerprint density at radius 2 is 1.67 bits per heavy atom. The monoisotopic (exact) mass is 303 g/mol. The van der Waals surface area contributed by atoms with E-state index in [0.29, 0.717) is 13.0 Å². The van der Waals surface area contributed by atoms with Crippen LogP contribution in [0, 0.1) is 0 Å². The maximum Gasteiger partial charge on any atom is 0.164 e. The summed E-state index contributed by atoms with van der Waals surface area (Å²) in [5.74, 6) is 0.162. The van der Waals surface area contributed by atoms with Gasteiger partial charge in [-0.1, -0.05) is 42.5 Å². The van der Waals surface area contributed by atoms with E-state index in [-0.39, 0.29) is 5.78 Å². The van der Waals surface area contributed by atoms with E-state index in [1.54, 1.807) is 0 Å². The third kappa shape index (κ3) is 3.44. The highest BCUT2D eigenvalue weighted by atomic mass is 79.9. The number of para-hydroxylation sites is 1. The number of carbonyl (C=O) groups excluding carboxylic acids is 1. The zero-order chi connectivity index (χ0) is 12.8. The molecule has 0 radical (unpaired) electrons. The second-order valence-corrected chi connectivity index (χ2v) is 4.80. The second kappa shape index (κ2) is 6.36. The van der Waals surface area contributed by atoms with Crippen molar-refractivity contribution < 1.29 is 4.79 Å². The highest BCUT2D eigenvalue weighted by Gasteiger charge is 2.04. The van der Waals surface area contributed by atoms with Gasteiger partial charge in [0.1, 0.15) is 0 Å². The Kier molecular flexibility index (Phi) is 4.53. The van der Waals surface area contributed by atoms with Crippen molar-refractivity contribution in [2.24, 2.45) is 0 Å². The molecule has 0 spiro atoms. The van der Waals surface area contributed by atoms with Crippen molar-refractivity contribution in [3.05, 3.63) is 64.6 Å². The quantitative estimate of drug-likeness (QED) is 0.841. The molecule has 2 rings (SSSR count). The van der Waals surface area contributed by atoms with E-state index in [9.17, 15) is 4.79 Å². The van der Waals surface area contributed by atoms with Gasteiger partial charge in [0.05, 0.1) is 0 Å². The smallest absolute Gasteiger partial charge is 0.164 e. The van der Waals surface area contributed by atoms with Crippen LogP contribution in [0.25, 0.3) is 0 Å². The first kappa shape index (κ1) is 12.8. The standard InChI is InChI=1S/C15H14BrNO/c16-13-8-4-5-9-14(13)17-11-10-15(18)12-6-2-1-3-7-12/h1-9,17H,10-11H2. The maximum atomic E-state index is 11.9. The summed E-state index contributed by atoms with van der Waals surface area (Å²) < 4.78 is 1.01. The summed E-state index contributed by atoms with van der Waals surface area (Å²) in [5.41, 5.74) is 1.78. The molecule has 0 unspecified atom stereocenters. The van der Waals surface area contributed by atoms with Gasteiger partial charge in [0.25, 0.3) is 0 Å². The molecule has 0 saturated heterocycles. The second-order valence-electron chi connectivity index (χ2n) is 3.95. The average molecular weight is 304 g/mol. The zero-order valence-electron chi connectivity index (χ0n) is 9.90. The molecular weight excluding hydrogens is 290 g/mol. The average Bonchev–Trinajstić information content (AvgIpc) is 2.42. The van der Waals surface area contributed by atoms with Crippen LogP contribution in [0.4, 0.5) is 5.69 Å². The van der Waals surface area contributed by atoms with E-state index in [1.807, 2.05) is 54.6 Å². The molecule has 0 fully saturated rings. The van der Waals surface area contributed by atoms with Crippen molar-refractivity contribution in [2.45, 2.75) is 6.42 Å². The van der Waals surface area contributed by atoms with Gasteiger partial charge in [-0.05, 0) is 28.1 Å². The molecule has 0 saturated carbocycles. The van der Waals surface area contributed by atoms with Crippen molar-refractivity contribution in [3.63, 3.8) is 0 Å². The fraction of sp³-hybridized carbons (Fsp3) is 0.133. The van der Waals surface area contributed by atoms with E-state index in [4.69, 9.17) is 0 Å². The summed E-state index contributed by atoms with van der Waals surface area (Å²) >= 11 is 3.46. The van der Waals surface area contributed by atoms with Crippen molar-refractivity contribution in [2.75, 3.05) is 11.9 Å². The minimum atomic E-state index is 0.162. The molecule has 0 aliphatic rings. The number of Topliss-reactive ketones (excluding diaryl/α,β-unsaturated/α-hetero) is 1. The first-order valence-electron chi connectivity index (χ1n) is 5.84. The molecule has 2 aromatic rings. The number of anilines is 1. The third-order valence-electron chi connectivity index (χ3n) is 2.64. The summed E-state index contributed by atoms with van der Waals surface area (Å²) in [6, 6.07) is 17.3. The number of ketones is 1.